The molecule has 0 aliphatic heterocycles. The van der Waals surface area contributed by atoms with Gasteiger partial charge in [-0.2, -0.15) is 0 Å². The lowest BCUT2D eigenvalue weighted by atomic mass is 10.1. The highest BCUT2D eigenvalue weighted by Gasteiger charge is 2.17. The Morgan fingerprint density at radius 2 is 1.75 bits per heavy atom. The van der Waals surface area contributed by atoms with Crippen LogP contribution >= 0.6 is 11.3 Å². The van der Waals surface area contributed by atoms with E-state index in [-0.39, 0.29) is 24.3 Å². The molecule has 2 N–H and O–H groups in total. The van der Waals surface area contributed by atoms with Crippen LogP contribution in [0.1, 0.15) is 27.7 Å². The molecule has 0 radical (unpaired) electrons. The third-order valence-electron chi connectivity index (χ3n) is 4.57. The van der Waals surface area contributed by atoms with Gasteiger partial charge in [0.25, 0.3) is 11.8 Å². The van der Waals surface area contributed by atoms with Gasteiger partial charge in [0.1, 0.15) is 12.3 Å². The summed E-state index contributed by atoms with van der Waals surface area (Å²) in [6.45, 7) is 4.02. The molecule has 1 aromatic heterocycles. The smallest absolute Gasteiger partial charge is 0.268 e. The Hall–Kier alpha value is -3.58. The number of hydrogen-bond acceptors (Lipinski definition) is 5. The molecule has 166 valence electrons. The van der Waals surface area contributed by atoms with Gasteiger partial charge >= 0.3 is 0 Å². The summed E-state index contributed by atoms with van der Waals surface area (Å²) in [5.74, 6) is 0.476. The molecule has 0 bridgehead atoms. The SMILES string of the molecule is COc1ccccc1OC[C@H](C)NC(=O)/C(=C/c1cccs1)NC(=O)c1ccc(C)cc1. The number of methoxy groups -OCH3 is 1. The molecule has 0 aliphatic rings. The average Bonchev–Trinajstić information content (AvgIpc) is 3.31. The summed E-state index contributed by atoms with van der Waals surface area (Å²) in [6, 6.07) is 17.9. The molecule has 6 nitrogen and oxygen atoms in total. The lowest BCUT2D eigenvalue weighted by molar-refractivity contribution is -0.118. The van der Waals surface area contributed by atoms with Crippen molar-refractivity contribution in [2.24, 2.45) is 0 Å². The summed E-state index contributed by atoms with van der Waals surface area (Å²) in [7, 11) is 1.58. The summed E-state index contributed by atoms with van der Waals surface area (Å²) >= 11 is 1.48. The maximum Gasteiger partial charge on any atom is 0.268 e. The van der Waals surface area contributed by atoms with Crippen molar-refractivity contribution >= 4 is 29.2 Å². The largest absolute Gasteiger partial charge is 0.493 e. The van der Waals surface area contributed by atoms with Gasteiger partial charge in [0.15, 0.2) is 11.5 Å². The van der Waals surface area contributed by atoms with Crippen molar-refractivity contribution < 1.29 is 19.1 Å². The molecule has 3 aromatic rings. The standard InChI is InChI=1S/C25H26N2O4S/c1-17-10-12-19(13-11-17)24(28)27-21(15-20-7-6-14-32-20)25(29)26-18(2)16-31-23-9-5-4-8-22(23)30-3/h4-15,18H,16H2,1-3H3,(H,26,29)(H,27,28)/b21-15-/t18-/m0/s1. The lowest BCUT2D eigenvalue weighted by Crippen LogP contribution is -2.41. The number of amides is 2. The fraction of sp³-hybridized carbons (Fsp3) is 0.200. The van der Waals surface area contributed by atoms with E-state index in [4.69, 9.17) is 9.47 Å². The van der Waals surface area contributed by atoms with Gasteiger partial charge in [0, 0.05) is 10.4 Å². The Balaban J connectivity index is 1.68. The molecular weight excluding hydrogens is 424 g/mol. The number of aryl methyl sites for hydroxylation is 1. The first-order chi connectivity index (χ1) is 15.5. The van der Waals surface area contributed by atoms with E-state index in [1.807, 2.05) is 55.6 Å². The van der Waals surface area contributed by atoms with Crippen molar-refractivity contribution in [2.75, 3.05) is 13.7 Å². The van der Waals surface area contributed by atoms with Gasteiger partial charge in [-0.05, 0) is 55.6 Å². The molecule has 1 atom stereocenters. The van der Waals surface area contributed by atoms with E-state index >= 15 is 0 Å². The van der Waals surface area contributed by atoms with E-state index in [1.165, 1.54) is 11.3 Å². The van der Waals surface area contributed by atoms with Crippen molar-refractivity contribution in [1.29, 1.82) is 0 Å². The topological polar surface area (TPSA) is 76.7 Å². The molecule has 0 unspecified atom stereocenters. The number of nitrogens with one attached hydrogen (secondary N) is 2. The van der Waals surface area contributed by atoms with E-state index in [0.29, 0.717) is 17.1 Å². The maximum absolute atomic E-state index is 13.0. The van der Waals surface area contributed by atoms with Crippen LogP contribution in [0, 0.1) is 6.92 Å². The molecule has 3 rings (SSSR count). The van der Waals surface area contributed by atoms with Crippen molar-refractivity contribution in [3.63, 3.8) is 0 Å². The molecular formula is C25H26N2O4S. The first-order valence-corrected chi connectivity index (χ1v) is 11.0. The zero-order valence-electron chi connectivity index (χ0n) is 18.3. The van der Waals surface area contributed by atoms with Gasteiger partial charge in [-0.15, -0.1) is 11.3 Å². The molecule has 0 spiro atoms. The van der Waals surface area contributed by atoms with Crippen LogP contribution < -0.4 is 20.1 Å². The van der Waals surface area contributed by atoms with Crippen LogP contribution in [0.2, 0.25) is 0 Å². The molecule has 2 amide bonds. The number of carbonyl (C=O) groups is 2. The number of rotatable bonds is 9. The first-order valence-electron chi connectivity index (χ1n) is 10.2. The van der Waals surface area contributed by atoms with E-state index in [2.05, 4.69) is 10.6 Å². The minimum absolute atomic E-state index is 0.169. The second-order valence-corrected chi connectivity index (χ2v) is 8.21. The highest BCUT2D eigenvalue weighted by Crippen LogP contribution is 2.25. The number of para-hydroxylation sites is 2. The minimum atomic E-state index is -0.394. The molecule has 1 heterocycles. The summed E-state index contributed by atoms with van der Waals surface area (Å²) in [4.78, 5) is 26.5. The third-order valence-corrected chi connectivity index (χ3v) is 5.39. The average molecular weight is 451 g/mol. The Kier molecular flexibility index (Phi) is 8.05. The van der Waals surface area contributed by atoms with Crippen LogP contribution in [0.5, 0.6) is 11.5 Å². The van der Waals surface area contributed by atoms with Crippen LogP contribution in [0.15, 0.2) is 71.7 Å². The fourth-order valence-electron chi connectivity index (χ4n) is 2.87. The van der Waals surface area contributed by atoms with Crippen LogP contribution in [0.3, 0.4) is 0 Å². The Morgan fingerprint density at radius 1 is 1.03 bits per heavy atom. The molecule has 0 saturated carbocycles. The Morgan fingerprint density at radius 3 is 2.41 bits per heavy atom. The van der Waals surface area contributed by atoms with E-state index in [9.17, 15) is 9.59 Å². The summed E-state index contributed by atoms with van der Waals surface area (Å²) in [5, 5.41) is 7.54. The van der Waals surface area contributed by atoms with Gasteiger partial charge in [-0.25, -0.2) is 0 Å². The predicted molar refractivity (Wildman–Crippen MR) is 127 cm³/mol. The van der Waals surface area contributed by atoms with Crippen molar-refractivity contribution in [2.45, 2.75) is 19.9 Å². The van der Waals surface area contributed by atoms with E-state index in [0.717, 1.165) is 10.4 Å². The lowest BCUT2D eigenvalue weighted by Gasteiger charge is -2.18. The zero-order valence-corrected chi connectivity index (χ0v) is 19.1. The second kappa shape index (κ2) is 11.2. The van der Waals surface area contributed by atoms with Crippen molar-refractivity contribution in [3.8, 4) is 11.5 Å². The Labute approximate surface area is 191 Å². The molecule has 0 fully saturated rings. The highest BCUT2D eigenvalue weighted by atomic mass is 32.1. The number of carbonyl (C=O) groups excluding carboxylic acids is 2. The molecule has 32 heavy (non-hydrogen) atoms. The summed E-state index contributed by atoms with van der Waals surface area (Å²) < 4.78 is 11.1. The van der Waals surface area contributed by atoms with Gasteiger partial charge < -0.3 is 20.1 Å². The van der Waals surface area contributed by atoms with Crippen molar-refractivity contribution in [3.05, 3.63) is 87.7 Å². The van der Waals surface area contributed by atoms with Crippen molar-refractivity contribution in [1.82, 2.24) is 10.6 Å². The quantitative estimate of drug-likeness (QED) is 0.473. The number of thiophene rings is 1. The van der Waals surface area contributed by atoms with Crippen LogP contribution in [0.4, 0.5) is 0 Å². The van der Waals surface area contributed by atoms with Gasteiger partial charge in [0.2, 0.25) is 0 Å². The minimum Gasteiger partial charge on any atom is -0.493 e. The third kappa shape index (κ3) is 6.46. The van der Waals surface area contributed by atoms with E-state index in [1.54, 1.807) is 37.5 Å². The predicted octanol–water partition coefficient (Wildman–Crippen LogP) is 4.42. The maximum atomic E-state index is 13.0. The number of benzene rings is 2. The van der Waals surface area contributed by atoms with Crippen LogP contribution in [0.25, 0.3) is 6.08 Å². The van der Waals surface area contributed by atoms with Gasteiger partial charge in [-0.1, -0.05) is 35.9 Å². The normalized spacial score (nSPS) is 12.0. The van der Waals surface area contributed by atoms with Gasteiger partial charge in [0.05, 0.1) is 13.2 Å². The summed E-state index contributed by atoms with van der Waals surface area (Å²) in [6.07, 6.45) is 1.67. The highest BCUT2D eigenvalue weighted by molar-refractivity contribution is 7.10. The monoisotopic (exact) mass is 450 g/mol. The molecule has 0 saturated heterocycles. The number of ether oxygens (including phenoxy) is 2. The van der Waals surface area contributed by atoms with E-state index < -0.39 is 5.91 Å². The van der Waals surface area contributed by atoms with Crippen LogP contribution in [-0.4, -0.2) is 31.6 Å². The number of hydrogen-bond donors (Lipinski definition) is 2. The first kappa shape index (κ1) is 23.1. The zero-order chi connectivity index (χ0) is 22.9. The van der Waals surface area contributed by atoms with Gasteiger partial charge in [-0.3, -0.25) is 9.59 Å². The van der Waals surface area contributed by atoms with Crippen LogP contribution in [-0.2, 0) is 4.79 Å². The summed E-state index contributed by atoms with van der Waals surface area (Å²) in [5.41, 5.74) is 1.70. The molecule has 2 aromatic carbocycles. The fourth-order valence-corrected chi connectivity index (χ4v) is 3.53. The Bertz CT molecular complexity index is 1080. The molecule has 7 heteroatoms. The second-order valence-electron chi connectivity index (χ2n) is 7.23. The molecule has 0 aliphatic carbocycles.